The molecule has 3 amide bonds. The van der Waals surface area contributed by atoms with Crippen molar-refractivity contribution in [2.45, 2.75) is 76.3 Å². The molecular formula is C33H41FN4O8S. The first kappa shape index (κ1) is 34.3. The summed E-state index contributed by atoms with van der Waals surface area (Å²) in [5.74, 6) is -1.89. The molecule has 1 aromatic carbocycles. The number of amides is 3. The summed E-state index contributed by atoms with van der Waals surface area (Å²) >= 11 is 0. The van der Waals surface area contributed by atoms with E-state index >= 15 is 0 Å². The molecule has 2 aromatic rings. The summed E-state index contributed by atoms with van der Waals surface area (Å²) in [6.07, 6.45) is 2.39. The number of carbonyl (C=O) groups excluding carboxylic acids is 4. The van der Waals surface area contributed by atoms with Crippen LogP contribution < -0.4 is 14.8 Å². The van der Waals surface area contributed by atoms with Crippen LogP contribution in [0.15, 0.2) is 49.2 Å². The summed E-state index contributed by atoms with van der Waals surface area (Å²) in [5, 5.41) is 3.53. The Morgan fingerprint density at radius 3 is 2.55 bits per heavy atom. The van der Waals surface area contributed by atoms with E-state index < -0.39 is 87.2 Å². The molecular weight excluding hydrogens is 631 g/mol. The number of nitrogens with one attached hydrogen (secondary N) is 2. The Morgan fingerprint density at radius 1 is 1.19 bits per heavy atom. The third kappa shape index (κ3) is 7.42. The van der Waals surface area contributed by atoms with Crippen LogP contribution in [0.2, 0.25) is 0 Å². The lowest BCUT2D eigenvalue weighted by Crippen LogP contribution is -2.57. The first-order valence-corrected chi connectivity index (χ1v) is 17.3. The van der Waals surface area contributed by atoms with Gasteiger partial charge in [0.15, 0.2) is 5.78 Å². The highest BCUT2D eigenvalue weighted by Crippen LogP contribution is 2.57. The zero-order chi connectivity index (χ0) is 34.1. The number of carbonyl (C=O) groups is 4. The lowest BCUT2D eigenvalue weighted by atomic mass is 9.85. The van der Waals surface area contributed by atoms with Crippen LogP contribution in [0.5, 0.6) is 5.88 Å². The van der Waals surface area contributed by atoms with Crippen LogP contribution >= 0.6 is 0 Å². The number of hydrogen-bond acceptors (Lipinski definition) is 9. The monoisotopic (exact) mass is 672 g/mol. The zero-order valence-corrected chi connectivity index (χ0v) is 27.6. The Hall–Kier alpha value is -4.07. The number of rotatable bonds is 13. The number of allylic oxidation sites excluding steroid dienone is 1. The van der Waals surface area contributed by atoms with Crippen LogP contribution in [0.1, 0.15) is 52.9 Å². The number of alkyl halides is 1. The van der Waals surface area contributed by atoms with Crippen LogP contribution in [-0.2, 0) is 29.1 Å². The molecule has 0 radical (unpaired) electrons. The molecule has 1 saturated heterocycles. The largest absolute Gasteiger partial charge is 0.472 e. The van der Waals surface area contributed by atoms with E-state index in [0.717, 1.165) is 10.8 Å². The van der Waals surface area contributed by atoms with E-state index in [9.17, 15) is 32.0 Å². The molecule has 0 bridgehead atoms. The molecule has 2 N–H and O–H groups in total. The number of likely N-dealkylation sites (tertiary alicyclic amines) is 1. The molecule has 2 saturated carbocycles. The van der Waals surface area contributed by atoms with E-state index in [1.54, 1.807) is 27.0 Å². The summed E-state index contributed by atoms with van der Waals surface area (Å²) in [4.78, 5) is 59.9. The van der Waals surface area contributed by atoms with Gasteiger partial charge in [-0.2, -0.15) is 0 Å². The minimum atomic E-state index is -3.86. The number of benzene rings is 1. The molecule has 1 aliphatic heterocycles. The molecule has 2 aliphatic carbocycles. The fourth-order valence-corrected chi connectivity index (χ4v) is 7.57. The van der Waals surface area contributed by atoms with E-state index in [1.807, 2.05) is 30.3 Å². The molecule has 5 atom stereocenters. The number of sulfonamides is 1. The van der Waals surface area contributed by atoms with Crippen LogP contribution in [0, 0.1) is 16.7 Å². The number of hydrogen-bond donors (Lipinski definition) is 2. The molecule has 3 aliphatic rings. The van der Waals surface area contributed by atoms with Gasteiger partial charge in [-0.25, -0.2) is 22.6 Å². The maximum Gasteiger partial charge on any atom is 0.407 e. The molecule has 47 heavy (non-hydrogen) atoms. The predicted octanol–water partition coefficient (Wildman–Crippen LogP) is 3.45. The van der Waals surface area contributed by atoms with Crippen LogP contribution in [0.4, 0.5) is 9.18 Å². The lowest BCUT2D eigenvalue weighted by Gasteiger charge is -2.35. The quantitative estimate of drug-likeness (QED) is 0.304. The van der Waals surface area contributed by atoms with Gasteiger partial charge in [-0.05, 0) is 48.1 Å². The minimum Gasteiger partial charge on any atom is -0.472 e. The third-order valence-corrected chi connectivity index (χ3v) is 10.9. The topological polar surface area (TPSA) is 161 Å². The summed E-state index contributed by atoms with van der Waals surface area (Å²) < 4.78 is 51.2. The van der Waals surface area contributed by atoms with Gasteiger partial charge in [0, 0.05) is 24.4 Å². The third-order valence-electron chi connectivity index (χ3n) is 9.08. The van der Waals surface area contributed by atoms with Gasteiger partial charge in [0.1, 0.15) is 25.4 Å². The maximum absolute atomic E-state index is 14.2. The maximum atomic E-state index is 14.2. The minimum absolute atomic E-state index is 0.0337. The molecule has 12 nitrogen and oxygen atoms in total. The first-order valence-electron chi connectivity index (χ1n) is 15.7. The van der Waals surface area contributed by atoms with Crippen molar-refractivity contribution < 1.29 is 41.5 Å². The Bertz CT molecular complexity index is 1670. The average molecular weight is 673 g/mol. The molecule has 2 heterocycles. The van der Waals surface area contributed by atoms with Gasteiger partial charge in [-0.3, -0.25) is 19.1 Å². The number of nitrogens with zero attached hydrogens (tertiary/aromatic N) is 2. The number of ether oxygens (including phenoxy) is 2. The molecule has 14 heteroatoms. The fraction of sp³-hybridized carbons (Fsp3) is 0.545. The number of ketones is 1. The van der Waals surface area contributed by atoms with Gasteiger partial charge in [-0.15, -0.1) is 6.58 Å². The van der Waals surface area contributed by atoms with E-state index in [4.69, 9.17) is 9.47 Å². The van der Waals surface area contributed by atoms with E-state index in [2.05, 4.69) is 21.6 Å². The standard InChI is InChI=1S/C33H41FN4O8S/c1-5-21-17-33(21,30(41)37-47(43,44)23-10-11-23)18-26(39)25-16-22(46-28-24-9-7-6-8-20(24)12-14-35-28)19-38(25)29(40)27(32(2,3)4)36-31(42)45-15-13-34/h5-9,12,14,21-23,25,27H,1,10-11,13,15-19H2,2-4H3,(H,36,42)(H,37,41)/t21-,22-,25+,27-,33-/m1/s1. The van der Waals surface area contributed by atoms with Gasteiger partial charge in [0.05, 0.1) is 23.3 Å². The Labute approximate surface area is 273 Å². The summed E-state index contributed by atoms with van der Waals surface area (Å²) in [5.41, 5.74) is -2.16. The van der Waals surface area contributed by atoms with Gasteiger partial charge in [-0.1, -0.05) is 45.0 Å². The van der Waals surface area contributed by atoms with E-state index in [1.165, 1.54) is 11.0 Å². The number of pyridine rings is 1. The number of halogens is 1. The van der Waals surface area contributed by atoms with Crippen LogP contribution in [0.25, 0.3) is 10.8 Å². The Morgan fingerprint density at radius 2 is 1.91 bits per heavy atom. The number of alkyl carbamates (subject to hydrolysis) is 1. The van der Waals surface area contributed by atoms with Crippen molar-refractivity contribution in [1.29, 1.82) is 0 Å². The lowest BCUT2D eigenvalue weighted by molar-refractivity contribution is -0.142. The van der Waals surface area contributed by atoms with Crippen LogP contribution in [0.3, 0.4) is 0 Å². The predicted molar refractivity (Wildman–Crippen MR) is 170 cm³/mol. The summed E-state index contributed by atoms with van der Waals surface area (Å²) in [6.45, 7) is 7.53. The van der Waals surface area contributed by atoms with Crippen molar-refractivity contribution in [3.05, 3.63) is 49.2 Å². The van der Waals surface area contributed by atoms with Crippen molar-refractivity contribution in [3.63, 3.8) is 0 Å². The smallest absolute Gasteiger partial charge is 0.407 e. The highest BCUT2D eigenvalue weighted by atomic mass is 32.2. The van der Waals surface area contributed by atoms with Crippen molar-refractivity contribution in [3.8, 4) is 5.88 Å². The SMILES string of the molecule is C=C[C@@H]1C[C@]1(CC(=O)[C@@H]1C[C@@H](Oc2nccc3ccccc23)CN1C(=O)[C@@H](NC(=O)OCCF)C(C)(C)C)C(=O)NS(=O)(=O)C1CC1. The fourth-order valence-electron chi connectivity index (χ4n) is 6.19. The normalized spacial score (nSPS) is 24.7. The highest BCUT2D eigenvalue weighted by molar-refractivity contribution is 7.90. The molecule has 0 unspecified atom stereocenters. The molecule has 0 spiro atoms. The van der Waals surface area contributed by atoms with Crippen LogP contribution in [-0.4, -0.2) is 85.3 Å². The Kier molecular flexibility index (Phi) is 9.63. The second kappa shape index (κ2) is 13.2. The second-order valence-electron chi connectivity index (χ2n) is 13.6. The molecule has 5 rings (SSSR count). The Balaban J connectivity index is 1.42. The average Bonchev–Trinajstić information content (AvgIpc) is 3.95. The number of Topliss-reactive ketones (excluding diaryl/α,β-unsaturated/α-hetero) is 1. The van der Waals surface area contributed by atoms with Gasteiger partial charge >= 0.3 is 6.09 Å². The van der Waals surface area contributed by atoms with Gasteiger partial charge < -0.3 is 19.7 Å². The summed E-state index contributed by atoms with van der Waals surface area (Å²) in [6, 6.07) is 7.08. The van der Waals surface area contributed by atoms with E-state index in [-0.39, 0.29) is 25.8 Å². The second-order valence-corrected chi connectivity index (χ2v) is 15.6. The highest BCUT2D eigenvalue weighted by Gasteiger charge is 2.61. The first-order chi connectivity index (χ1) is 22.2. The molecule has 3 fully saturated rings. The zero-order valence-electron chi connectivity index (χ0n) is 26.7. The van der Waals surface area contributed by atoms with Gasteiger partial charge in [0.2, 0.25) is 27.7 Å². The van der Waals surface area contributed by atoms with Crippen molar-refractivity contribution in [1.82, 2.24) is 19.9 Å². The number of fused-ring (bicyclic) bond motifs is 1. The van der Waals surface area contributed by atoms with Crippen molar-refractivity contribution >= 4 is 44.5 Å². The molecule has 254 valence electrons. The van der Waals surface area contributed by atoms with E-state index in [0.29, 0.717) is 18.7 Å². The number of aromatic nitrogens is 1. The molecule has 1 aromatic heterocycles. The van der Waals surface area contributed by atoms with Crippen molar-refractivity contribution in [2.75, 3.05) is 19.8 Å². The summed E-state index contributed by atoms with van der Waals surface area (Å²) in [7, 11) is -3.86. The van der Waals surface area contributed by atoms with Gasteiger partial charge in [0.25, 0.3) is 0 Å². The van der Waals surface area contributed by atoms with Crippen molar-refractivity contribution in [2.24, 2.45) is 16.7 Å².